The van der Waals surface area contributed by atoms with E-state index in [1.807, 2.05) is 0 Å². The molecule has 0 saturated carbocycles. The third-order valence-electron chi connectivity index (χ3n) is 12.1. The van der Waals surface area contributed by atoms with E-state index in [2.05, 4.69) is 223 Å². The molecule has 6 aromatic rings. The van der Waals surface area contributed by atoms with E-state index >= 15 is 0 Å². The maximum atomic E-state index is 3.35. The predicted octanol–water partition coefficient (Wildman–Crippen LogP) is 10.1. The van der Waals surface area contributed by atoms with Crippen molar-refractivity contribution in [2.75, 3.05) is 22.4 Å². The van der Waals surface area contributed by atoms with Gasteiger partial charge in [-0.15, -0.1) is 0 Å². The van der Waals surface area contributed by atoms with Crippen molar-refractivity contribution in [3.05, 3.63) is 122 Å². The Labute approximate surface area is 396 Å². The van der Waals surface area contributed by atoms with Gasteiger partial charge in [-0.2, -0.15) is 9.13 Å². The fourth-order valence-corrected chi connectivity index (χ4v) is 11.2. The maximum Gasteiger partial charge on any atom is 0.285 e. The SMILES string of the molecule is CCCCC#CCNCCI(C)I.CCCC[n+]1ccn(-c2cccc(-n3cc[n+](CCCC)c3)c2)c1.CCCC[n+]1ccn2c1C1(C)c3c-2cccc3-n2cc[n+](CCCC)c21. The minimum Gasteiger partial charge on any atom is -0.236 e. The molecule has 1 N–H and O–H groups in total. The largest absolute Gasteiger partial charge is 0.285 e. The zero-order valence-electron chi connectivity index (χ0n) is 39.4. The average molecular weight is 1080 g/mol. The van der Waals surface area contributed by atoms with E-state index in [9.17, 15) is 0 Å². The summed E-state index contributed by atoms with van der Waals surface area (Å²) in [5, 5.41) is 3.35. The molecule has 338 valence electrons. The molecule has 8 rings (SSSR count). The second-order valence-electron chi connectivity index (χ2n) is 17.1. The van der Waals surface area contributed by atoms with E-state index in [0.29, 0.717) is 0 Å². The molecule has 2 aromatic carbocycles. The number of imidazole rings is 4. The molecule has 0 amide bonds. The van der Waals surface area contributed by atoms with Crippen molar-refractivity contribution in [1.29, 1.82) is 0 Å². The number of nitrogens with one attached hydrogen (secondary N) is 1. The predicted molar refractivity (Wildman–Crippen MR) is 275 cm³/mol. The summed E-state index contributed by atoms with van der Waals surface area (Å²) in [7, 11) is 0. The molecule has 63 heavy (non-hydrogen) atoms. The van der Waals surface area contributed by atoms with Crippen LogP contribution in [0.4, 0.5) is 0 Å². The van der Waals surface area contributed by atoms with Crippen molar-refractivity contribution < 1.29 is 18.3 Å². The summed E-state index contributed by atoms with van der Waals surface area (Å²) in [6, 6.07) is 15.4. The van der Waals surface area contributed by atoms with E-state index in [4.69, 9.17) is 0 Å². The van der Waals surface area contributed by atoms with Crippen LogP contribution in [-0.2, 0) is 31.6 Å². The molecule has 0 saturated heterocycles. The zero-order chi connectivity index (χ0) is 44.6. The number of alkyl halides is 2. The zero-order valence-corrected chi connectivity index (χ0v) is 43.7. The van der Waals surface area contributed by atoms with Gasteiger partial charge in [0.05, 0.1) is 31.7 Å². The Kier molecular flexibility index (Phi) is 19.0. The number of benzene rings is 2. The first-order valence-electron chi connectivity index (χ1n) is 23.8. The van der Waals surface area contributed by atoms with Gasteiger partial charge in [-0.1, -0.05) is 65.5 Å². The number of fused-ring (bicyclic) bond motifs is 6. The molecular weight excluding hydrogens is 1000 g/mol. The molecule has 6 heterocycles. The van der Waals surface area contributed by atoms with Gasteiger partial charge in [0.2, 0.25) is 18.1 Å². The van der Waals surface area contributed by atoms with Gasteiger partial charge in [-0.05, 0) is 56.9 Å². The molecule has 0 unspecified atom stereocenters. The first-order chi connectivity index (χ1) is 30.8. The van der Waals surface area contributed by atoms with Crippen LogP contribution in [0.5, 0.6) is 0 Å². The second kappa shape index (κ2) is 24.5. The molecule has 2 aliphatic rings. The normalized spacial score (nSPS) is 12.7. The molecule has 0 fully saturated rings. The van der Waals surface area contributed by atoms with Crippen LogP contribution < -0.4 is 23.6 Å². The molecular formula is C52H75I2N9+4. The number of hydrogen-bond donors (Lipinski definition) is 1. The third kappa shape index (κ3) is 11.9. The number of aromatic nitrogens is 8. The molecule has 11 heteroatoms. The fourth-order valence-electron chi connectivity index (χ4n) is 8.70. The van der Waals surface area contributed by atoms with Crippen molar-refractivity contribution in [2.24, 2.45) is 0 Å². The molecule has 0 aliphatic carbocycles. The summed E-state index contributed by atoms with van der Waals surface area (Å²) in [5.74, 6) is 9.15. The van der Waals surface area contributed by atoms with Gasteiger partial charge in [-0.3, -0.25) is 0 Å². The summed E-state index contributed by atoms with van der Waals surface area (Å²) in [5.41, 5.74) is 6.47. The van der Waals surface area contributed by atoms with Crippen LogP contribution in [0.3, 0.4) is 0 Å². The van der Waals surface area contributed by atoms with Crippen molar-refractivity contribution >= 4 is 34.5 Å². The summed E-state index contributed by atoms with van der Waals surface area (Å²) in [4.78, 5) is 2.39. The Balaban J connectivity index is 0.000000167. The van der Waals surface area contributed by atoms with Gasteiger partial charge in [0.1, 0.15) is 72.3 Å². The Morgan fingerprint density at radius 1 is 0.635 bits per heavy atom. The Hall–Kier alpha value is -3.74. The first-order valence-corrected chi connectivity index (χ1v) is 33.8. The van der Waals surface area contributed by atoms with Gasteiger partial charge in [0, 0.05) is 6.07 Å². The molecule has 4 aromatic heterocycles. The van der Waals surface area contributed by atoms with Crippen LogP contribution in [0.2, 0.25) is 0 Å². The van der Waals surface area contributed by atoms with Gasteiger partial charge in [0.25, 0.3) is 11.6 Å². The average Bonchev–Trinajstić information content (AvgIpc) is 4.17. The van der Waals surface area contributed by atoms with Crippen LogP contribution >= 0.6 is 34.5 Å². The van der Waals surface area contributed by atoms with E-state index in [1.54, 1.807) is 0 Å². The van der Waals surface area contributed by atoms with Crippen molar-refractivity contribution in [1.82, 2.24) is 23.6 Å². The van der Waals surface area contributed by atoms with E-state index in [0.717, 1.165) is 45.7 Å². The number of aryl methyl sites for hydroxylation is 4. The monoisotopic (exact) mass is 1080 g/mol. The summed E-state index contributed by atoms with van der Waals surface area (Å²) < 4.78 is 20.1. The van der Waals surface area contributed by atoms with Crippen LogP contribution in [-0.4, -0.2) is 40.7 Å². The number of nitrogens with zero attached hydrogens (tertiary/aromatic N) is 8. The smallest absolute Gasteiger partial charge is 0.236 e. The Morgan fingerprint density at radius 3 is 1.62 bits per heavy atom. The van der Waals surface area contributed by atoms with Gasteiger partial charge in [0.15, 0.2) is 0 Å². The van der Waals surface area contributed by atoms with Crippen LogP contribution in [0.25, 0.3) is 22.7 Å². The maximum absolute atomic E-state index is 3.35. The molecule has 0 bridgehead atoms. The van der Waals surface area contributed by atoms with Crippen LogP contribution in [0.15, 0.2) is 105 Å². The standard InChI is InChI=1S/C22H28N4.C20H28N4.C10H19I2N/c1-4-6-11-23-13-15-25-17-9-8-10-18-19(17)22(3,20(23)25)21-24(12-7-5-2)14-16-26(18)21;1-3-5-10-21-12-14-23(17-21)19-8-7-9-20(16-19)24-15-13-22(18-24)11-6-4-2;1-3-4-5-6-7-9-13-10-8-12(2)11/h8-10,13-16H,4-7,11-12H2,1-3H3;7-9,12-18H,3-6,10-11H2,1-2H3;13H,3-5,8-10H2,1-2H3/q2*+2;. The van der Waals surface area contributed by atoms with Crippen molar-refractivity contribution in [3.8, 4) is 34.6 Å². The molecule has 0 radical (unpaired) electrons. The quantitative estimate of drug-likeness (QED) is 0.0268. The topological polar surface area (TPSA) is 47.3 Å². The summed E-state index contributed by atoms with van der Waals surface area (Å²) in [6.45, 7) is 20.0. The molecule has 0 atom stereocenters. The van der Waals surface area contributed by atoms with Crippen LogP contribution in [0.1, 0.15) is 129 Å². The van der Waals surface area contributed by atoms with Crippen molar-refractivity contribution in [2.45, 2.75) is 144 Å². The minimum atomic E-state index is -0.528. The Morgan fingerprint density at radius 2 is 1.13 bits per heavy atom. The number of halogens is 2. The van der Waals surface area contributed by atoms with Gasteiger partial charge >= 0.3 is 100 Å². The number of rotatable bonds is 20. The summed E-state index contributed by atoms with van der Waals surface area (Å²) >= 11 is 2.07. The minimum absolute atomic E-state index is 0.0829. The van der Waals surface area contributed by atoms with E-state index < -0.39 is 15.8 Å². The third-order valence-corrected chi connectivity index (χ3v) is 16.9. The summed E-state index contributed by atoms with van der Waals surface area (Å²) in [6.07, 6.45) is 35.3. The first kappa shape index (κ1) is 48.7. The second-order valence-corrected chi connectivity index (χ2v) is 30.4. The van der Waals surface area contributed by atoms with Crippen molar-refractivity contribution in [3.63, 3.8) is 0 Å². The fraction of sp³-hybridized carbons (Fsp3) is 0.500. The molecule has 9 nitrogen and oxygen atoms in total. The Bertz CT molecular complexity index is 2250. The van der Waals surface area contributed by atoms with Gasteiger partial charge in [-0.25, -0.2) is 27.4 Å². The molecule has 0 spiro atoms. The molecule has 2 aliphatic heterocycles. The van der Waals surface area contributed by atoms with Gasteiger partial charge < -0.3 is 0 Å². The number of unbranched alkanes of at least 4 members (excludes halogenated alkanes) is 6. The van der Waals surface area contributed by atoms with Crippen LogP contribution in [0, 0.1) is 11.8 Å². The number of hydrogen-bond acceptors (Lipinski definition) is 1. The van der Waals surface area contributed by atoms with E-state index in [-0.39, 0.29) is 5.41 Å². The van der Waals surface area contributed by atoms with E-state index in [1.165, 1.54) is 109 Å².